The van der Waals surface area contributed by atoms with Gasteiger partial charge in [0.2, 0.25) is 0 Å². The highest BCUT2D eigenvalue weighted by molar-refractivity contribution is 5.51. The summed E-state index contributed by atoms with van der Waals surface area (Å²) in [6.45, 7) is 3.67. The number of allylic oxidation sites excluding steroid dienone is 2. The molecule has 4 heteroatoms. The second kappa shape index (κ2) is 4.79. The smallest absolute Gasteiger partial charge is 0.148 e. The summed E-state index contributed by atoms with van der Waals surface area (Å²) in [5.74, 6) is 5.45. The molecular formula is C11H16FN3. The van der Waals surface area contributed by atoms with E-state index in [1.54, 1.807) is 25.1 Å². The number of rotatable bonds is 3. The van der Waals surface area contributed by atoms with Gasteiger partial charge in [0.15, 0.2) is 0 Å². The second-order valence-corrected chi connectivity index (χ2v) is 3.30. The molecule has 0 amide bonds. The van der Waals surface area contributed by atoms with Crippen molar-refractivity contribution < 1.29 is 4.39 Å². The summed E-state index contributed by atoms with van der Waals surface area (Å²) >= 11 is 0. The van der Waals surface area contributed by atoms with Crippen LogP contribution in [0.15, 0.2) is 35.7 Å². The van der Waals surface area contributed by atoms with E-state index >= 15 is 0 Å². The zero-order valence-electron chi connectivity index (χ0n) is 9.00. The van der Waals surface area contributed by atoms with Gasteiger partial charge in [-0.2, -0.15) is 0 Å². The lowest BCUT2D eigenvalue weighted by molar-refractivity contribution is 0.622. The molecule has 0 aliphatic heterocycles. The van der Waals surface area contributed by atoms with Crippen molar-refractivity contribution in [3.05, 3.63) is 41.5 Å². The molecule has 0 fully saturated rings. The molecule has 0 heterocycles. The van der Waals surface area contributed by atoms with Gasteiger partial charge in [-0.1, -0.05) is 19.1 Å². The lowest BCUT2D eigenvalue weighted by Gasteiger charge is -2.22. The molecule has 0 unspecified atom stereocenters. The first-order valence-electron chi connectivity index (χ1n) is 4.82. The number of hydrogen-bond donors (Lipinski definition) is 2. The Labute approximate surface area is 89.1 Å². The average molecular weight is 209 g/mol. The fourth-order valence-electron chi connectivity index (χ4n) is 1.43. The van der Waals surface area contributed by atoms with Crippen LogP contribution < -0.4 is 16.6 Å². The molecule has 0 aromatic heterocycles. The molecule has 0 saturated carbocycles. The van der Waals surface area contributed by atoms with Crippen LogP contribution in [0.1, 0.15) is 20.3 Å². The minimum absolute atomic E-state index is 0.333. The SMILES string of the molecule is CC/C(=C(\C)N)N(N)c1ccccc1F. The number of benzene rings is 1. The van der Waals surface area contributed by atoms with Gasteiger partial charge in [-0.25, -0.2) is 10.2 Å². The van der Waals surface area contributed by atoms with Gasteiger partial charge in [-0.3, -0.25) is 5.01 Å². The predicted molar refractivity (Wildman–Crippen MR) is 60.2 cm³/mol. The van der Waals surface area contributed by atoms with Gasteiger partial charge in [-0.05, 0) is 25.5 Å². The Bertz CT molecular complexity index is 370. The summed E-state index contributed by atoms with van der Waals surface area (Å²) in [5, 5.41) is 1.30. The second-order valence-electron chi connectivity index (χ2n) is 3.30. The van der Waals surface area contributed by atoms with Gasteiger partial charge in [0.1, 0.15) is 5.82 Å². The van der Waals surface area contributed by atoms with E-state index < -0.39 is 0 Å². The highest BCUT2D eigenvalue weighted by Gasteiger charge is 2.11. The van der Waals surface area contributed by atoms with E-state index in [0.29, 0.717) is 17.8 Å². The third-order valence-electron chi connectivity index (χ3n) is 2.19. The molecular weight excluding hydrogens is 193 g/mol. The zero-order chi connectivity index (χ0) is 11.4. The number of nitrogens with two attached hydrogens (primary N) is 2. The van der Waals surface area contributed by atoms with Gasteiger partial charge in [-0.15, -0.1) is 0 Å². The quantitative estimate of drug-likeness (QED) is 0.592. The zero-order valence-corrected chi connectivity index (χ0v) is 9.00. The van der Waals surface area contributed by atoms with E-state index in [1.165, 1.54) is 11.1 Å². The van der Waals surface area contributed by atoms with Crippen molar-refractivity contribution in [2.75, 3.05) is 5.01 Å². The molecule has 1 aromatic rings. The molecule has 0 aliphatic carbocycles. The first kappa shape index (κ1) is 11.5. The predicted octanol–water partition coefficient (Wildman–Crippen LogP) is 2.11. The van der Waals surface area contributed by atoms with Crippen molar-refractivity contribution in [3.63, 3.8) is 0 Å². The third-order valence-corrected chi connectivity index (χ3v) is 2.19. The maximum absolute atomic E-state index is 13.4. The monoisotopic (exact) mass is 209 g/mol. The van der Waals surface area contributed by atoms with Crippen LogP contribution in [-0.4, -0.2) is 0 Å². The van der Waals surface area contributed by atoms with Crippen LogP contribution >= 0.6 is 0 Å². The van der Waals surface area contributed by atoms with Crippen LogP contribution in [0.3, 0.4) is 0 Å². The summed E-state index contributed by atoms with van der Waals surface area (Å²) in [7, 11) is 0. The molecule has 0 spiro atoms. The van der Waals surface area contributed by atoms with Crippen molar-refractivity contribution in [2.24, 2.45) is 11.6 Å². The van der Waals surface area contributed by atoms with Crippen LogP contribution in [-0.2, 0) is 0 Å². The molecule has 0 atom stereocenters. The van der Waals surface area contributed by atoms with E-state index in [1.807, 2.05) is 6.92 Å². The van der Waals surface area contributed by atoms with Crippen LogP contribution in [0, 0.1) is 5.82 Å². The summed E-state index contributed by atoms with van der Waals surface area (Å²) in [6.07, 6.45) is 0.660. The van der Waals surface area contributed by atoms with E-state index in [4.69, 9.17) is 11.6 Å². The van der Waals surface area contributed by atoms with E-state index in [-0.39, 0.29) is 5.82 Å². The standard InChI is InChI=1S/C11H16FN3/c1-3-10(8(2)13)15(14)11-7-5-4-6-9(11)12/h4-7H,3,13-14H2,1-2H3/b10-8-. The number of anilines is 1. The highest BCUT2D eigenvalue weighted by Crippen LogP contribution is 2.21. The van der Waals surface area contributed by atoms with Gasteiger partial charge in [0.25, 0.3) is 0 Å². The number of hydrazine groups is 1. The highest BCUT2D eigenvalue weighted by atomic mass is 19.1. The summed E-state index contributed by atoms with van der Waals surface area (Å²) < 4.78 is 13.4. The number of para-hydroxylation sites is 1. The molecule has 0 saturated heterocycles. The first-order valence-corrected chi connectivity index (χ1v) is 4.82. The molecule has 82 valence electrons. The van der Waals surface area contributed by atoms with Gasteiger partial charge in [0, 0.05) is 5.70 Å². The van der Waals surface area contributed by atoms with Crippen LogP contribution in [0.5, 0.6) is 0 Å². The Hall–Kier alpha value is -1.55. The fourth-order valence-corrected chi connectivity index (χ4v) is 1.43. The van der Waals surface area contributed by atoms with Crippen molar-refractivity contribution in [1.82, 2.24) is 0 Å². The van der Waals surface area contributed by atoms with Gasteiger partial charge in [0.05, 0.1) is 11.4 Å². The molecule has 0 aliphatic rings. The molecule has 15 heavy (non-hydrogen) atoms. The van der Waals surface area contributed by atoms with E-state index in [0.717, 1.165) is 5.70 Å². The summed E-state index contributed by atoms with van der Waals surface area (Å²) in [4.78, 5) is 0. The molecule has 1 aromatic carbocycles. The molecule has 3 nitrogen and oxygen atoms in total. The largest absolute Gasteiger partial charge is 0.401 e. The van der Waals surface area contributed by atoms with Crippen molar-refractivity contribution in [3.8, 4) is 0 Å². The fraction of sp³-hybridized carbons (Fsp3) is 0.273. The molecule has 0 bridgehead atoms. The number of halogens is 1. The Kier molecular flexibility index (Phi) is 3.68. The van der Waals surface area contributed by atoms with Crippen molar-refractivity contribution in [1.29, 1.82) is 0 Å². The minimum atomic E-state index is -0.354. The number of hydrogen-bond acceptors (Lipinski definition) is 3. The molecule has 4 N–H and O–H groups in total. The Morgan fingerprint density at radius 2 is 2.00 bits per heavy atom. The van der Waals surface area contributed by atoms with Crippen molar-refractivity contribution in [2.45, 2.75) is 20.3 Å². The maximum Gasteiger partial charge on any atom is 0.148 e. The van der Waals surface area contributed by atoms with Crippen molar-refractivity contribution >= 4 is 5.69 Å². The Balaban J connectivity index is 3.09. The average Bonchev–Trinajstić information content (AvgIpc) is 2.18. The van der Waals surface area contributed by atoms with Crippen LogP contribution in [0.2, 0.25) is 0 Å². The van der Waals surface area contributed by atoms with Crippen LogP contribution in [0.4, 0.5) is 10.1 Å². The minimum Gasteiger partial charge on any atom is -0.401 e. The van der Waals surface area contributed by atoms with Crippen LogP contribution in [0.25, 0.3) is 0 Å². The Morgan fingerprint density at radius 1 is 1.40 bits per heavy atom. The third kappa shape index (κ3) is 2.47. The lowest BCUT2D eigenvalue weighted by atomic mass is 10.2. The molecule has 1 rings (SSSR count). The number of nitrogens with zero attached hydrogens (tertiary/aromatic N) is 1. The first-order chi connectivity index (χ1) is 7.07. The van der Waals surface area contributed by atoms with E-state index in [2.05, 4.69) is 0 Å². The summed E-state index contributed by atoms with van der Waals surface area (Å²) in [5.41, 5.74) is 7.33. The van der Waals surface area contributed by atoms with Gasteiger partial charge < -0.3 is 5.73 Å². The van der Waals surface area contributed by atoms with Gasteiger partial charge >= 0.3 is 0 Å². The Morgan fingerprint density at radius 3 is 2.47 bits per heavy atom. The summed E-state index contributed by atoms with van der Waals surface area (Å²) in [6, 6.07) is 6.34. The lowest BCUT2D eigenvalue weighted by Crippen LogP contribution is -2.32. The topological polar surface area (TPSA) is 55.3 Å². The molecule has 0 radical (unpaired) electrons. The maximum atomic E-state index is 13.4. The normalized spacial score (nSPS) is 12.3. The van der Waals surface area contributed by atoms with E-state index in [9.17, 15) is 4.39 Å².